The van der Waals surface area contributed by atoms with Crippen molar-refractivity contribution < 1.29 is 14.3 Å². The van der Waals surface area contributed by atoms with Gasteiger partial charge in [-0.05, 0) is 54.9 Å². The summed E-state index contributed by atoms with van der Waals surface area (Å²) in [5.41, 5.74) is 5.26. The van der Waals surface area contributed by atoms with E-state index in [1.807, 2.05) is 54.6 Å². The first-order valence-electron chi connectivity index (χ1n) is 15.5. The number of hydrogen-bond acceptors (Lipinski definition) is 5. The summed E-state index contributed by atoms with van der Waals surface area (Å²) in [7, 11) is 0. The van der Waals surface area contributed by atoms with Crippen LogP contribution in [0, 0.1) is 0 Å². The number of likely N-dealkylation sites (tertiary alicyclic amines) is 1. The van der Waals surface area contributed by atoms with Gasteiger partial charge in [0.1, 0.15) is 6.10 Å². The average Bonchev–Trinajstić information content (AvgIpc) is 3.55. The van der Waals surface area contributed by atoms with Crippen molar-refractivity contribution in [3.05, 3.63) is 90.0 Å². The van der Waals surface area contributed by atoms with Gasteiger partial charge in [0, 0.05) is 50.7 Å². The molecule has 7 heteroatoms. The van der Waals surface area contributed by atoms with Gasteiger partial charge in [0.15, 0.2) is 0 Å². The van der Waals surface area contributed by atoms with E-state index in [1.165, 1.54) is 36.8 Å². The summed E-state index contributed by atoms with van der Waals surface area (Å²) in [5.74, 6) is 0.0904. The second-order valence-corrected chi connectivity index (χ2v) is 11.5. The van der Waals surface area contributed by atoms with Crippen molar-refractivity contribution in [2.75, 3.05) is 31.5 Å². The molecule has 1 saturated carbocycles. The summed E-state index contributed by atoms with van der Waals surface area (Å²) >= 11 is 0. The minimum atomic E-state index is -0.417. The molecule has 1 aliphatic heterocycles. The van der Waals surface area contributed by atoms with Gasteiger partial charge in [0.05, 0.1) is 5.69 Å². The van der Waals surface area contributed by atoms with Crippen molar-refractivity contribution in [1.82, 2.24) is 15.5 Å². The molecule has 1 heterocycles. The Hall–Kier alpha value is -3.68. The zero-order valence-corrected chi connectivity index (χ0v) is 24.5. The number of piperidine rings is 1. The molecule has 1 aliphatic carbocycles. The lowest BCUT2D eigenvalue weighted by molar-refractivity contribution is -0.121. The molecule has 2 amide bonds. The molecule has 3 aromatic carbocycles. The summed E-state index contributed by atoms with van der Waals surface area (Å²) in [5, 5.41) is 9.65. The minimum Gasteiger partial charge on any atom is -0.446 e. The number of carbonyl (C=O) groups excluding carboxylic acids is 2. The zero-order chi connectivity index (χ0) is 29.0. The lowest BCUT2D eigenvalue weighted by Crippen LogP contribution is -2.42. The van der Waals surface area contributed by atoms with E-state index >= 15 is 0 Å². The monoisotopic (exact) mass is 568 g/mol. The first-order chi connectivity index (χ1) is 20.6. The van der Waals surface area contributed by atoms with E-state index in [0.717, 1.165) is 62.3 Å². The molecule has 0 atom stereocenters. The standard InChI is InChI=1S/C35H44N4O3/c40-34(19-18-27-14-16-28(17-15-27)26-37-30-10-4-5-11-30)36-22-25-39-23-20-31(21-24-39)42-35(41)38-33-13-7-6-12-32(33)29-8-2-1-3-9-29/h1-3,6-9,12-17,30-31,37H,4-5,10-11,18-26H2,(H,36,40)(H,38,41). The molecule has 0 aromatic heterocycles. The normalized spacial score (nSPS) is 16.3. The molecule has 2 fully saturated rings. The summed E-state index contributed by atoms with van der Waals surface area (Å²) in [4.78, 5) is 27.4. The van der Waals surface area contributed by atoms with Crippen LogP contribution in [0.5, 0.6) is 0 Å². The second kappa shape index (κ2) is 15.5. The van der Waals surface area contributed by atoms with E-state index < -0.39 is 6.09 Å². The first kappa shape index (κ1) is 29.8. The van der Waals surface area contributed by atoms with Crippen LogP contribution in [0.1, 0.15) is 56.1 Å². The molecular weight excluding hydrogens is 524 g/mol. The number of nitrogens with zero attached hydrogens (tertiary/aromatic N) is 1. The Morgan fingerprint density at radius 2 is 1.50 bits per heavy atom. The van der Waals surface area contributed by atoms with E-state index in [4.69, 9.17) is 4.74 Å². The van der Waals surface area contributed by atoms with E-state index in [-0.39, 0.29) is 12.0 Å². The number of nitrogens with one attached hydrogen (secondary N) is 3. The molecule has 2 aliphatic rings. The van der Waals surface area contributed by atoms with Gasteiger partial charge in [-0.1, -0.05) is 85.6 Å². The highest BCUT2D eigenvalue weighted by Gasteiger charge is 2.22. The van der Waals surface area contributed by atoms with Crippen molar-refractivity contribution in [1.29, 1.82) is 0 Å². The summed E-state index contributed by atoms with van der Waals surface area (Å²) in [6.07, 6.45) is 7.58. The van der Waals surface area contributed by atoms with Gasteiger partial charge in [0.2, 0.25) is 5.91 Å². The third kappa shape index (κ3) is 9.16. The number of carbonyl (C=O) groups is 2. The molecule has 0 bridgehead atoms. The third-order valence-corrected chi connectivity index (χ3v) is 8.42. The molecule has 5 rings (SSSR count). The fraction of sp³-hybridized carbons (Fsp3) is 0.429. The maximum Gasteiger partial charge on any atom is 0.411 e. The van der Waals surface area contributed by atoms with Crippen molar-refractivity contribution in [3.63, 3.8) is 0 Å². The lowest BCUT2D eigenvalue weighted by Gasteiger charge is -2.31. The van der Waals surface area contributed by atoms with Crippen molar-refractivity contribution in [2.24, 2.45) is 0 Å². The fourth-order valence-electron chi connectivity index (χ4n) is 5.92. The second-order valence-electron chi connectivity index (χ2n) is 11.5. The van der Waals surface area contributed by atoms with Crippen LogP contribution in [0.25, 0.3) is 11.1 Å². The van der Waals surface area contributed by atoms with Crippen LogP contribution in [-0.2, 0) is 22.5 Å². The Morgan fingerprint density at radius 3 is 2.26 bits per heavy atom. The smallest absolute Gasteiger partial charge is 0.411 e. The number of anilines is 1. The highest BCUT2D eigenvalue weighted by atomic mass is 16.6. The van der Waals surface area contributed by atoms with E-state index in [0.29, 0.717) is 19.0 Å². The van der Waals surface area contributed by atoms with Crippen LogP contribution >= 0.6 is 0 Å². The zero-order valence-electron chi connectivity index (χ0n) is 24.5. The van der Waals surface area contributed by atoms with Gasteiger partial charge in [-0.2, -0.15) is 0 Å². The third-order valence-electron chi connectivity index (χ3n) is 8.42. The molecule has 1 saturated heterocycles. The maximum atomic E-state index is 12.7. The van der Waals surface area contributed by atoms with E-state index in [1.54, 1.807) is 0 Å². The van der Waals surface area contributed by atoms with Crippen LogP contribution in [0.15, 0.2) is 78.9 Å². The van der Waals surface area contributed by atoms with Crippen molar-refractivity contribution >= 4 is 17.7 Å². The van der Waals surface area contributed by atoms with Crippen LogP contribution in [0.2, 0.25) is 0 Å². The predicted octanol–water partition coefficient (Wildman–Crippen LogP) is 6.15. The summed E-state index contributed by atoms with van der Waals surface area (Å²) in [6.45, 7) is 4.04. The van der Waals surface area contributed by atoms with Gasteiger partial charge in [-0.3, -0.25) is 10.1 Å². The van der Waals surface area contributed by atoms with Crippen LogP contribution in [0.3, 0.4) is 0 Å². The Morgan fingerprint density at radius 1 is 0.810 bits per heavy atom. The van der Waals surface area contributed by atoms with Gasteiger partial charge in [-0.25, -0.2) is 4.79 Å². The summed E-state index contributed by atoms with van der Waals surface area (Å²) in [6, 6.07) is 27.1. The quantitative estimate of drug-likeness (QED) is 0.244. The Labute approximate surface area is 250 Å². The number of amides is 2. The molecule has 7 nitrogen and oxygen atoms in total. The van der Waals surface area contributed by atoms with Gasteiger partial charge < -0.3 is 20.3 Å². The van der Waals surface area contributed by atoms with Crippen LogP contribution < -0.4 is 16.0 Å². The maximum absolute atomic E-state index is 12.7. The summed E-state index contributed by atoms with van der Waals surface area (Å²) < 4.78 is 5.75. The molecular formula is C35H44N4O3. The lowest BCUT2D eigenvalue weighted by atomic mass is 10.0. The average molecular weight is 569 g/mol. The first-order valence-corrected chi connectivity index (χ1v) is 15.5. The SMILES string of the molecule is O=C(CCc1ccc(CNC2CCCC2)cc1)NCCN1CCC(OC(=O)Nc2ccccc2-c2ccccc2)CC1. The van der Waals surface area contributed by atoms with Crippen LogP contribution in [-0.4, -0.2) is 55.2 Å². The Balaban J connectivity index is 0.944. The van der Waals surface area contributed by atoms with Crippen molar-refractivity contribution in [3.8, 4) is 11.1 Å². The molecule has 0 radical (unpaired) electrons. The van der Waals surface area contributed by atoms with E-state index in [2.05, 4.69) is 45.1 Å². The minimum absolute atomic E-state index is 0.0904. The molecule has 3 aromatic rings. The van der Waals surface area contributed by atoms with E-state index in [9.17, 15) is 9.59 Å². The molecule has 222 valence electrons. The highest BCUT2D eigenvalue weighted by Crippen LogP contribution is 2.28. The Bertz CT molecular complexity index is 1270. The molecule has 42 heavy (non-hydrogen) atoms. The molecule has 0 unspecified atom stereocenters. The fourth-order valence-corrected chi connectivity index (χ4v) is 5.92. The number of rotatable bonds is 12. The number of aryl methyl sites for hydroxylation is 1. The van der Waals surface area contributed by atoms with Gasteiger partial charge >= 0.3 is 6.09 Å². The molecule has 0 spiro atoms. The van der Waals surface area contributed by atoms with Crippen molar-refractivity contribution in [2.45, 2.75) is 70.1 Å². The molecule has 3 N–H and O–H groups in total. The number of benzene rings is 3. The topological polar surface area (TPSA) is 82.7 Å². The number of para-hydroxylation sites is 1. The van der Waals surface area contributed by atoms with Crippen LogP contribution in [0.4, 0.5) is 10.5 Å². The number of ether oxygens (including phenoxy) is 1. The predicted molar refractivity (Wildman–Crippen MR) is 168 cm³/mol. The number of hydrogen-bond donors (Lipinski definition) is 3. The van der Waals surface area contributed by atoms with Gasteiger partial charge in [-0.15, -0.1) is 0 Å². The highest BCUT2D eigenvalue weighted by molar-refractivity contribution is 5.91. The Kier molecular flexibility index (Phi) is 11.0. The van der Waals surface area contributed by atoms with Gasteiger partial charge in [0.25, 0.3) is 0 Å². The largest absolute Gasteiger partial charge is 0.446 e.